The van der Waals surface area contributed by atoms with Crippen LogP contribution in [-0.2, 0) is 9.53 Å². The molecule has 0 aromatic rings. The summed E-state index contributed by atoms with van der Waals surface area (Å²) >= 11 is 1.48. The second-order valence-electron chi connectivity index (χ2n) is 4.61. The molecule has 19 heavy (non-hydrogen) atoms. The molecule has 1 unspecified atom stereocenters. The van der Waals surface area contributed by atoms with Gasteiger partial charge in [0.05, 0.1) is 7.11 Å². The molecule has 0 saturated heterocycles. The number of amidine groups is 1. The van der Waals surface area contributed by atoms with Crippen molar-refractivity contribution < 1.29 is 9.53 Å². The van der Waals surface area contributed by atoms with Crippen LogP contribution in [0.3, 0.4) is 0 Å². The molecule has 0 bridgehead atoms. The van der Waals surface area contributed by atoms with Crippen molar-refractivity contribution in [3.05, 3.63) is 0 Å². The van der Waals surface area contributed by atoms with Crippen molar-refractivity contribution in [1.82, 2.24) is 10.4 Å². The number of rotatable bonds is 8. The van der Waals surface area contributed by atoms with Crippen molar-refractivity contribution in [1.29, 1.82) is 0 Å². The summed E-state index contributed by atoms with van der Waals surface area (Å²) in [4.78, 5) is 16.1. The third-order valence-electron chi connectivity index (χ3n) is 2.96. The SMILES string of the molecule is CCCCC(SC1=NCN(CCCC)N1)C(=O)OC. The summed E-state index contributed by atoms with van der Waals surface area (Å²) in [5.41, 5.74) is 3.25. The predicted molar refractivity (Wildman–Crippen MR) is 80.0 cm³/mol. The lowest BCUT2D eigenvalue weighted by molar-refractivity contribution is -0.140. The number of unbranched alkanes of at least 4 members (excludes halogenated alkanes) is 2. The van der Waals surface area contributed by atoms with Gasteiger partial charge in [-0.3, -0.25) is 10.2 Å². The Hall–Kier alpha value is -0.750. The van der Waals surface area contributed by atoms with E-state index in [1.807, 2.05) is 0 Å². The number of nitrogens with one attached hydrogen (secondary N) is 1. The van der Waals surface area contributed by atoms with Gasteiger partial charge in [0.25, 0.3) is 0 Å². The molecule has 0 radical (unpaired) electrons. The first-order valence-electron chi connectivity index (χ1n) is 7.01. The summed E-state index contributed by atoms with van der Waals surface area (Å²) in [6.45, 7) is 5.95. The summed E-state index contributed by atoms with van der Waals surface area (Å²) in [7, 11) is 1.44. The van der Waals surface area contributed by atoms with E-state index in [9.17, 15) is 4.79 Å². The van der Waals surface area contributed by atoms with E-state index in [1.54, 1.807) is 0 Å². The molecular weight excluding hydrogens is 262 g/mol. The van der Waals surface area contributed by atoms with Crippen LogP contribution in [0.2, 0.25) is 0 Å². The molecule has 1 aliphatic rings. The Balaban J connectivity index is 2.40. The molecule has 1 N–H and O–H groups in total. The fraction of sp³-hybridized carbons (Fsp3) is 0.846. The molecular formula is C13H25N3O2S. The monoisotopic (exact) mass is 287 g/mol. The van der Waals surface area contributed by atoms with Gasteiger partial charge in [0.2, 0.25) is 0 Å². The summed E-state index contributed by atoms with van der Waals surface area (Å²) in [5.74, 6) is -0.157. The summed E-state index contributed by atoms with van der Waals surface area (Å²) in [6, 6.07) is 0. The Morgan fingerprint density at radius 3 is 2.84 bits per heavy atom. The molecule has 0 aromatic heterocycles. The highest BCUT2D eigenvalue weighted by Gasteiger charge is 2.24. The Morgan fingerprint density at radius 1 is 1.47 bits per heavy atom. The molecule has 5 nitrogen and oxygen atoms in total. The van der Waals surface area contributed by atoms with E-state index in [0.29, 0.717) is 6.67 Å². The number of hydrogen-bond donors (Lipinski definition) is 1. The average molecular weight is 287 g/mol. The number of nitrogens with zero attached hydrogens (tertiary/aromatic N) is 2. The minimum absolute atomic E-state index is 0.151. The van der Waals surface area contributed by atoms with Gasteiger partial charge in [-0.25, -0.2) is 10.0 Å². The van der Waals surface area contributed by atoms with Crippen molar-refractivity contribution in [2.75, 3.05) is 20.3 Å². The summed E-state index contributed by atoms with van der Waals surface area (Å²) < 4.78 is 4.86. The van der Waals surface area contributed by atoms with Gasteiger partial charge < -0.3 is 4.74 Å². The zero-order valence-corrected chi connectivity index (χ0v) is 13.0. The van der Waals surface area contributed by atoms with Gasteiger partial charge >= 0.3 is 5.97 Å². The smallest absolute Gasteiger partial charge is 0.319 e. The summed E-state index contributed by atoms with van der Waals surface area (Å²) in [6.07, 6.45) is 5.26. The Bertz CT molecular complexity index is 310. The van der Waals surface area contributed by atoms with Crippen LogP contribution in [0.25, 0.3) is 0 Å². The topological polar surface area (TPSA) is 53.9 Å². The van der Waals surface area contributed by atoms with Crippen LogP contribution in [0.5, 0.6) is 0 Å². The van der Waals surface area contributed by atoms with Crippen molar-refractivity contribution in [3.8, 4) is 0 Å². The average Bonchev–Trinajstić information content (AvgIpc) is 2.87. The van der Waals surface area contributed by atoms with E-state index in [0.717, 1.165) is 37.4 Å². The first-order valence-corrected chi connectivity index (χ1v) is 7.89. The van der Waals surface area contributed by atoms with E-state index in [1.165, 1.54) is 25.3 Å². The Labute approximate surface area is 120 Å². The highest BCUT2D eigenvalue weighted by Crippen LogP contribution is 2.21. The molecule has 1 atom stereocenters. The maximum absolute atomic E-state index is 11.7. The fourth-order valence-electron chi connectivity index (χ4n) is 1.78. The molecule has 0 aromatic carbocycles. The maximum Gasteiger partial charge on any atom is 0.319 e. The molecule has 0 spiro atoms. The molecule has 1 aliphatic heterocycles. The van der Waals surface area contributed by atoms with E-state index < -0.39 is 0 Å². The van der Waals surface area contributed by atoms with Gasteiger partial charge in [-0.2, -0.15) is 0 Å². The number of carbonyl (C=O) groups is 1. The molecule has 0 fully saturated rings. The molecule has 0 saturated carbocycles. The number of hydrogen-bond acceptors (Lipinski definition) is 6. The Morgan fingerprint density at radius 2 is 2.21 bits per heavy atom. The zero-order chi connectivity index (χ0) is 14.1. The highest BCUT2D eigenvalue weighted by molar-refractivity contribution is 8.14. The minimum Gasteiger partial charge on any atom is -0.468 e. The van der Waals surface area contributed by atoms with Crippen LogP contribution in [0.4, 0.5) is 0 Å². The number of methoxy groups -OCH3 is 1. The van der Waals surface area contributed by atoms with E-state index in [4.69, 9.17) is 4.74 Å². The third kappa shape index (κ3) is 5.82. The van der Waals surface area contributed by atoms with Gasteiger partial charge in [-0.05, 0) is 12.8 Å². The highest BCUT2D eigenvalue weighted by atomic mass is 32.2. The first-order chi connectivity index (χ1) is 9.21. The van der Waals surface area contributed by atoms with Gasteiger partial charge in [0.15, 0.2) is 5.17 Å². The second-order valence-corrected chi connectivity index (χ2v) is 5.80. The quantitative estimate of drug-likeness (QED) is 0.695. The van der Waals surface area contributed by atoms with Crippen molar-refractivity contribution in [2.45, 2.75) is 51.2 Å². The zero-order valence-electron chi connectivity index (χ0n) is 12.1. The van der Waals surface area contributed by atoms with Crippen molar-refractivity contribution >= 4 is 22.9 Å². The van der Waals surface area contributed by atoms with Gasteiger partial charge in [0.1, 0.15) is 11.9 Å². The van der Waals surface area contributed by atoms with Gasteiger partial charge in [-0.15, -0.1) is 0 Å². The van der Waals surface area contributed by atoms with Crippen LogP contribution < -0.4 is 5.43 Å². The number of esters is 1. The van der Waals surface area contributed by atoms with Crippen molar-refractivity contribution in [2.24, 2.45) is 4.99 Å². The van der Waals surface area contributed by atoms with Crippen LogP contribution in [0, 0.1) is 0 Å². The molecule has 1 heterocycles. The minimum atomic E-state index is -0.157. The Kier molecular flexibility index (Phi) is 7.90. The van der Waals surface area contributed by atoms with Crippen LogP contribution in [0.15, 0.2) is 4.99 Å². The normalized spacial score (nSPS) is 16.9. The van der Waals surface area contributed by atoms with E-state index >= 15 is 0 Å². The molecule has 1 rings (SSSR count). The van der Waals surface area contributed by atoms with Crippen molar-refractivity contribution in [3.63, 3.8) is 0 Å². The number of hydrazine groups is 1. The molecule has 110 valence electrons. The number of carbonyl (C=O) groups excluding carboxylic acids is 1. The standard InChI is InChI=1S/C13H25N3O2S/c1-4-6-8-11(12(17)18-3)19-13-14-10-16(15-13)9-7-5-2/h11H,4-10H2,1-3H3,(H,14,15). The van der Waals surface area contributed by atoms with E-state index in [-0.39, 0.29) is 11.2 Å². The fourth-order valence-corrected chi connectivity index (χ4v) is 2.84. The van der Waals surface area contributed by atoms with Crippen LogP contribution >= 0.6 is 11.8 Å². The van der Waals surface area contributed by atoms with E-state index in [2.05, 4.69) is 29.3 Å². The molecule has 6 heteroatoms. The predicted octanol–water partition coefficient (Wildman–Crippen LogP) is 2.39. The maximum atomic E-state index is 11.7. The third-order valence-corrected chi connectivity index (χ3v) is 4.11. The molecule has 0 aliphatic carbocycles. The number of ether oxygens (including phenoxy) is 1. The van der Waals surface area contributed by atoms with Crippen LogP contribution in [0.1, 0.15) is 46.0 Å². The molecule has 0 amide bonds. The second kappa shape index (κ2) is 9.20. The van der Waals surface area contributed by atoms with Gasteiger partial charge in [-0.1, -0.05) is 44.9 Å². The summed E-state index contributed by atoms with van der Waals surface area (Å²) in [5, 5.41) is 2.77. The lowest BCUT2D eigenvalue weighted by Gasteiger charge is -2.17. The number of thioether (sulfide) groups is 1. The lowest BCUT2D eigenvalue weighted by atomic mass is 10.2. The van der Waals surface area contributed by atoms with Crippen LogP contribution in [-0.4, -0.2) is 41.7 Å². The number of aliphatic imine (C=N–C) groups is 1. The first kappa shape index (κ1) is 16.3. The lowest BCUT2D eigenvalue weighted by Crippen LogP contribution is -2.36. The largest absolute Gasteiger partial charge is 0.468 e. The van der Waals surface area contributed by atoms with Gasteiger partial charge in [0, 0.05) is 6.54 Å².